The number of nitriles is 1. The number of carbonyl (C=O) groups excluding carboxylic acids is 1. The molecule has 1 amide bonds. The summed E-state index contributed by atoms with van der Waals surface area (Å²) in [7, 11) is 3.39. The Morgan fingerprint density at radius 2 is 2.11 bits per heavy atom. The first-order chi connectivity index (χ1) is 12.9. The van der Waals surface area contributed by atoms with Gasteiger partial charge in [0, 0.05) is 50.7 Å². The molecule has 0 spiro atoms. The minimum absolute atomic E-state index is 0.199. The molecule has 1 fully saturated rings. The Kier molecular flexibility index (Phi) is 5.21. The van der Waals surface area contributed by atoms with Gasteiger partial charge in [-0.2, -0.15) is 5.26 Å². The van der Waals surface area contributed by atoms with Crippen molar-refractivity contribution in [3.8, 4) is 6.07 Å². The van der Waals surface area contributed by atoms with Crippen molar-refractivity contribution in [2.24, 2.45) is 0 Å². The first-order valence-corrected chi connectivity index (χ1v) is 8.83. The zero-order valence-electron chi connectivity index (χ0n) is 16.0. The molecule has 0 radical (unpaired) electrons. The number of hydrogen-bond acceptors (Lipinski definition) is 7. The highest BCUT2D eigenvalue weighted by atomic mass is 16.2. The highest BCUT2D eigenvalue weighted by molar-refractivity contribution is 5.90. The zero-order valence-corrected chi connectivity index (χ0v) is 16.0. The van der Waals surface area contributed by atoms with Crippen molar-refractivity contribution < 1.29 is 4.79 Å². The fourth-order valence-corrected chi connectivity index (χ4v) is 3.04. The largest absolute Gasteiger partial charge is 0.365 e. The van der Waals surface area contributed by atoms with E-state index in [2.05, 4.69) is 31.2 Å². The summed E-state index contributed by atoms with van der Waals surface area (Å²) in [5, 5.41) is 12.3. The summed E-state index contributed by atoms with van der Waals surface area (Å²) in [4.78, 5) is 29.1. The minimum Gasteiger partial charge on any atom is -0.365 e. The zero-order chi connectivity index (χ0) is 19.6. The van der Waals surface area contributed by atoms with Gasteiger partial charge < -0.3 is 15.1 Å². The van der Waals surface area contributed by atoms with Gasteiger partial charge in [-0.25, -0.2) is 15.0 Å². The number of pyridine rings is 1. The van der Waals surface area contributed by atoms with Gasteiger partial charge >= 0.3 is 0 Å². The molecular formula is C19H23N7O. The molecule has 0 aromatic carbocycles. The smallest absolute Gasteiger partial charge is 0.291 e. The molecule has 1 saturated heterocycles. The Morgan fingerprint density at radius 1 is 1.33 bits per heavy atom. The van der Waals surface area contributed by atoms with E-state index >= 15 is 0 Å². The number of carbonyl (C=O) groups is 1. The number of nitrogens with zero attached hydrogens (tertiary/aromatic N) is 6. The number of nitrogens with one attached hydrogen (secondary N) is 1. The Hall–Kier alpha value is -3.21. The average Bonchev–Trinajstić information content (AvgIpc) is 3.12. The second-order valence-corrected chi connectivity index (χ2v) is 6.90. The van der Waals surface area contributed by atoms with Crippen molar-refractivity contribution in [3.05, 3.63) is 41.0 Å². The highest BCUT2D eigenvalue weighted by Gasteiger charge is 2.27. The molecule has 2 aromatic heterocycles. The first kappa shape index (κ1) is 18.6. The van der Waals surface area contributed by atoms with Crippen LogP contribution in [0.2, 0.25) is 0 Å². The van der Waals surface area contributed by atoms with Gasteiger partial charge in [0.1, 0.15) is 17.7 Å². The molecule has 140 valence electrons. The molecule has 1 atom stereocenters. The van der Waals surface area contributed by atoms with E-state index in [1.807, 2.05) is 19.9 Å². The maximum atomic E-state index is 12.3. The van der Waals surface area contributed by atoms with Crippen molar-refractivity contribution in [2.45, 2.75) is 26.3 Å². The number of aryl methyl sites for hydroxylation is 1. The van der Waals surface area contributed by atoms with Crippen molar-refractivity contribution >= 4 is 17.5 Å². The maximum absolute atomic E-state index is 12.3. The lowest BCUT2D eigenvalue weighted by molar-refractivity contribution is 0.0815. The van der Waals surface area contributed by atoms with Gasteiger partial charge in [-0.1, -0.05) is 0 Å². The molecule has 3 heterocycles. The number of rotatable bonds is 4. The van der Waals surface area contributed by atoms with E-state index < -0.39 is 0 Å². The normalized spacial score (nSPS) is 16.1. The molecule has 0 bridgehead atoms. The van der Waals surface area contributed by atoms with Crippen LogP contribution < -0.4 is 10.2 Å². The fourth-order valence-electron chi connectivity index (χ4n) is 3.04. The Balaban J connectivity index is 1.76. The van der Waals surface area contributed by atoms with Gasteiger partial charge in [-0.05, 0) is 32.4 Å². The summed E-state index contributed by atoms with van der Waals surface area (Å²) in [6, 6.07) is 5.85. The molecule has 0 unspecified atom stereocenters. The molecule has 0 saturated carbocycles. The molecular weight excluding hydrogens is 342 g/mol. The van der Waals surface area contributed by atoms with E-state index in [9.17, 15) is 4.79 Å². The minimum atomic E-state index is -0.199. The number of amides is 1. The van der Waals surface area contributed by atoms with E-state index in [4.69, 9.17) is 5.26 Å². The predicted molar refractivity (Wildman–Crippen MR) is 103 cm³/mol. The molecule has 8 heteroatoms. The van der Waals surface area contributed by atoms with Gasteiger partial charge in [-0.15, -0.1) is 0 Å². The van der Waals surface area contributed by atoms with Gasteiger partial charge in [0.05, 0.1) is 5.56 Å². The summed E-state index contributed by atoms with van der Waals surface area (Å²) in [6.07, 6.45) is 2.49. The van der Waals surface area contributed by atoms with Crippen LogP contribution in [-0.4, -0.2) is 59.0 Å². The number of aromatic nitrogens is 3. The van der Waals surface area contributed by atoms with Crippen molar-refractivity contribution in [3.63, 3.8) is 0 Å². The molecule has 27 heavy (non-hydrogen) atoms. The molecule has 1 N–H and O–H groups in total. The van der Waals surface area contributed by atoms with Crippen LogP contribution in [0.15, 0.2) is 18.3 Å². The monoisotopic (exact) mass is 365 g/mol. The molecule has 1 aliphatic rings. The standard InChI is InChI=1S/C19H23N7O/c1-12-13(2)22-17(19(27)25(3)4)24-18(12)26-8-7-15(11-26)23-16-6-5-14(9-20)10-21-16/h5-6,10,15H,7-8,11H2,1-4H3,(H,21,23)/t15-/m1/s1. The second-order valence-electron chi connectivity index (χ2n) is 6.90. The third-order valence-electron chi connectivity index (χ3n) is 4.69. The lowest BCUT2D eigenvalue weighted by Crippen LogP contribution is -2.30. The van der Waals surface area contributed by atoms with E-state index in [1.54, 1.807) is 26.4 Å². The van der Waals surface area contributed by atoms with Gasteiger partial charge in [0.25, 0.3) is 5.91 Å². The van der Waals surface area contributed by atoms with E-state index in [0.717, 1.165) is 42.4 Å². The van der Waals surface area contributed by atoms with Crippen LogP contribution in [0.4, 0.5) is 11.6 Å². The summed E-state index contributed by atoms with van der Waals surface area (Å²) >= 11 is 0. The number of anilines is 2. The Bertz CT molecular complexity index is 886. The predicted octanol–water partition coefficient (Wildman–Crippen LogP) is 1.75. The fraction of sp³-hybridized carbons (Fsp3) is 0.421. The molecule has 1 aliphatic heterocycles. The van der Waals surface area contributed by atoms with Crippen molar-refractivity contribution in [2.75, 3.05) is 37.4 Å². The summed E-state index contributed by atoms with van der Waals surface area (Å²) in [6.45, 7) is 5.48. The lowest BCUT2D eigenvalue weighted by Gasteiger charge is -2.22. The van der Waals surface area contributed by atoms with Crippen molar-refractivity contribution in [1.29, 1.82) is 5.26 Å². The Morgan fingerprint density at radius 3 is 2.74 bits per heavy atom. The van der Waals surface area contributed by atoms with E-state index in [1.165, 1.54) is 4.90 Å². The van der Waals surface area contributed by atoms with Crippen LogP contribution in [0.5, 0.6) is 0 Å². The number of hydrogen-bond donors (Lipinski definition) is 1. The van der Waals surface area contributed by atoms with Gasteiger partial charge in [0.2, 0.25) is 5.82 Å². The Labute approximate surface area is 158 Å². The van der Waals surface area contributed by atoms with Gasteiger partial charge in [-0.3, -0.25) is 4.79 Å². The quantitative estimate of drug-likeness (QED) is 0.881. The third-order valence-corrected chi connectivity index (χ3v) is 4.69. The van der Waals surface area contributed by atoms with E-state index in [0.29, 0.717) is 5.56 Å². The van der Waals surface area contributed by atoms with Crippen LogP contribution >= 0.6 is 0 Å². The van der Waals surface area contributed by atoms with E-state index in [-0.39, 0.29) is 17.8 Å². The topological polar surface area (TPSA) is 98.0 Å². The molecule has 2 aromatic rings. The molecule has 8 nitrogen and oxygen atoms in total. The van der Waals surface area contributed by atoms with Crippen LogP contribution in [0, 0.1) is 25.2 Å². The maximum Gasteiger partial charge on any atom is 0.291 e. The molecule has 0 aliphatic carbocycles. The first-order valence-electron chi connectivity index (χ1n) is 8.83. The summed E-state index contributed by atoms with van der Waals surface area (Å²) < 4.78 is 0. The van der Waals surface area contributed by atoms with Crippen LogP contribution in [0.3, 0.4) is 0 Å². The van der Waals surface area contributed by atoms with Crippen LogP contribution in [-0.2, 0) is 0 Å². The SMILES string of the molecule is Cc1nc(C(=O)N(C)C)nc(N2CC[C@@H](Nc3ccc(C#N)cn3)C2)c1C. The van der Waals surface area contributed by atoms with Crippen molar-refractivity contribution in [1.82, 2.24) is 19.9 Å². The van der Waals surface area contributed by atoms with Crippen LogP contribution in [0.1, 0.15) is 33.9 Å². The second kappa shape index (κ2) is 7.58. The average molecular weight is 365 g/mol. The van der Waals surface area contributed by atoms with Gasteiger partial charge in [0.15, 0.2) is 0 Å². The summed E-state index contributed by atoms with van der Waals surface area (Å²) in [5.41, 5.74) is 2.34. The molecule has 3 rings (SSSR count). The highest BCUT2D eigenvalue weighted by Crippen LogP contribution is 2.25. The van der Waals surface area contributed by atoms with Crippen LogP contribution in [0.25, 0.3) is 0 Å². The summed E-state index contributed by atoms with van der Waals surface area (Å²) in [5.74, 6) is 1.59. The third kappa shape index (κ3) is 3.97. The lowest BCUT2D eigenvalue weighted by atomic mass is 10.2.